The Morgan fingerprint density at radius 2 is 1.85 bits per heavy atom. The van der Waals surface area contributed by atoms with E-state index in [0.29, 0.717) is 12.8 Å². The number of epoxide rings is 2. The molecular formula is C23H28O10. The monoisotopic (exact) mass is 464 g/mol. The van der Waals surface area contributed by atoms with Crippen molar-refractivity contribution in [3.05, 3.63) is 23.8 Å². The minimum Gasteiger partial charge on any atom is -0.466 e. The molecule has 0 spiro atoms. The summed E-state index contributed by atoms with van der Waals surface area (Å²) >= 11 is 0. The first-order chi connectivity index (χ1) is 15.4. The summed E-state index contributed by atoms with van der Waals surface area (Å²) in [4.78, 5) is 50.4. The molecule has 3 saturated heterocycles. The van der Waals surface area contributed by atoms with E-state index in [9.17, 15) is 19.2 Å². The highest BCUT2D eigenvalue weighted by molar-refractivity contribution is 5.93. The summed E-state index contributed by atoms with van der Waals surface area (Å²) in [6, 6.07) is 0. The third kappa shape index (κ3) is 3.95. The number of rotatable bonds is 4. The fourth-order valence-corrected chi connectivity index (χ4v) is 4.66. The van der Waals surface area contributed by atoms with E-state index in [-0.39, 0.29) is 17.3 Å². The van der Waals surface area contributed by atoms with Crippen molar-refractivity contribution in [2.45, 2.75) is 82.3 Å². The molecule has 0 amide bonds. The summed E-state index contributed by atoms with van der Waals surface area (Å²) in [5.41, 5.74) is -1.77. The van der Waals surface area contributed by atoms with Gasteiger partial charge in [-0.2, -0.15) is 0 Å². The fourth-order valence-electron chi connectivity index (χ4n) is 4.66. The lowest BCUT2D eigenvalue weighted by atomic mass is 9.80. The van der Waals surface area contributed by atoms with Gasteiger partial charge in [-0.15, -0.1) is 0 Å². The van der Waals surface area contributed by atoms with Gasteiger partial charge in [-0.3, -0.25) is 4.79 Å². The maximum Gasteiger partial charge on any atom is 0.341 e. The molecule has 0 radical (unpaired) electrons. The van der Waals surface area contributed by atoms with Gasteiger partial charge in [0, 0.05) is 12.5 Å². The Morgan fingerprint density at radius 3 is 2.42 bits per heavy atom. The van der Waals surface area contributed by atoms with Crippen LogP contribution < -0.4 is 0 Å². The number of ether oxygens (including phenoxy) is 6. The number of hydrogen-bond acceptors (Lipinski definition) is 10. The first kappa shape index (κ1) is 23.4. The zero-order valence-corrected chi connectivity index (χ0v) is 19.2. The Labute approximate surface area is 191 Å². The normalized spacial score (nSPS) is 43.1. The lowest BCUT2D eigenvalue weighted by Gasteiger charge is -2.34. The zero-order valence-electron chi connectivity index (χ0n) is 19.2. The smallest absolute Gasteiger partial charge is 0.341 e. The molecule has 4 aliphatic rings. The van der Waals surface area contributed by atoms with Crippen LogP contribution in [-0.4, -0.2) is 72.7 Å². The van der Waals surface area contributed by atoms with Crippen molar-refractivity contribution in [3.8, 4) is 0 Å². The molecule has 0 bridgehead atoms. The van der Waals surface area contributed by atoms with Crippen molar-refractivity contribution in [2.75, 3.05) is 7.11 Å². The topological polar surface area (TPSA) is 130 Å². The van der Waals surface area contributed by atoms with Crippen LogP contribution in [0.1, 0.15) is 40.5 Å². The van der Waals surface area contributed by atoms with Gasteiger partial charge in [0.15, 0.2) is 17.8 Å². The highest BCUT2D eigenvalue weighted by Crippen LogP contribution is 2.51. The van der Waals surface area contributed by atoms with E-state index in [4.69, 9.17) is 28.4 Å². The van der Waals surface area contributed by atoms with E-state index in [2.05, 4.69) is 6.58 Å². The summed E-state index contributed by atoms with van der Waals surface area (Å²) in [7, 11) is 1.19. The minimum absolute atomic E-state index is 0.00554. The summed E-state index contributed by atoms with van der Waals surface area (Å²) in [6.07, 6.45) is -1.87. The predicted molar refractivity (Wildman–Crippen MR) is 110 cm³/mol. The molecular weight excluding hydrogens is 436 g/mol. The van der Waals surface area contributed by atoms with Gasteiger partial charge in [0.1, 0.15) is 12.2 Å². The van der Waals surface area contributed by atoms with Crippen LogP contribution in [0.3, 0.4) is 0 Å². The van der Waals surface area contributed by atoms with Crippen LogP contribution in [0.4, 0.5) is 0 Å². The van der Waals surface area contributed by atoms with E-state index in [1.165, 1.54) is 14.0 Å². The summed E-state index contributed by atoms with van der Waals surface area (Å²) < 4.78 is 33.2. The molecule has 0 aromatic carbocycles. The lowest BCUT2D eigenvalue weighted by molar-refractivity contribution is -0.175. The van der Waals surface area contributed by atoms with Crippen LogP contribution in [0.15, 0.2) is 23.8 Å². The SMILES string of the molecule is C=C1C(=O)O[C@H]2C3O[C@]3(C)CC/C=C(/C(=O)OC)[C@@H](OC(C)=O)[C@H](OC(=O)C3(C)OC3C)[C@H]12. The molecule has 0 aromatic heterocycles. The average Bonchev–Trinajstić information content (AvgIpc) is 3.57. The molecule has 3 fully saturated rings. The van der Waals surface area contributed by atoms with Crippen LogP contribution >= 0.6 is 0 Å². The van der Waals surface area contributed by atoms with E-state index in [0.717, 1.165) is 0 Å². The third-order valence-electron chi connectivity index (χ3n) is 6.97. The number of fused-ring (bicyclic) bond motifs is 3. The highest BCUT2D eigenvalue weighted by Gasteiger charge is 2.66. The predicted octanol–water partition coefficient (Wildman–Crippen LogP) is 1.16. The van der Waals surface area contributed by atoms with E-state index < -0.39 is 65.4 Å². The van der Waals surface area contributed by atoms with Gasteiger partial charge < -0.3 is 28.4 Å². The standard InChI is InChI=1S/C23H28O10/c1-10-14-16(31-21(27)23(5)11(2)32-23)15(29-12(3)24)13(20(26)28-6)8-7-9-22(4)18(33-22)17(14)30-19(10)25/h8,11,14-18H,1,7,9H2,2-6H3/b13-8+/t11?,14-,15+,16+,17+,18?,22+,23?/m0/s1. The van der Waals surface area contributed by atoms with Gasteiger partial charge >= 0.3 is 23.9 Å². The summed E-state index contributed by atoms with van der Waals surface area (Å²) in [5, 5.41) is 0. The number of methoxy groups -OCH3 is 1. The highest BCUT2D eigenvalue weighted by atomic mass is 16.7. The number of carbonyl (C=O) groups is 4. The average molecular weight is 464 g/mol. The van der Waals surface area contributed by atoms with Crippen LogP contribution in [0.2, 0.25) is 0 Å². The molecule has 0 aromatic rings. The number of hydrogen-bond donors (Lipinski definition) is 0. The van der Waals surface area contributed by atoms with Crippen LogP contribution in [0.25, 0.3) is 0 Å². The number of allylic oxidation sites excluding steroid dienone is 1. The largest absolute Gasteiger partial charge is 0.466 e. The van der Waals surface area contributed by atoms with Crippen molar-refractivity contribution in [1.82, 2.24) is 0 Å². The fraction of sp³-hybridized carbons (Fsp3) is 0.652. The molecule has 10 heteroatoms. The van der Waals surface area contributed by atoms with Gasteiger partial charge in [0.25, 0.3) is 0 Å². The second kappa shape index (κ2) is 7.95. The molecule has 4 rings (SSSR count). The molecule has 10 nitrogen and oxygen atoms in total. The Morgan fingerprint density at radius 1 is 1.18 bits per heavy atom. The lowest BCUT2D eigenvalue weighted by Crippen LogP contribution is -2.49. The van der Waals surface area contributed by atoms with Gasteiger partial charge in [0.05, 0.1) is 30.3 Å². The molecule has 1 aliphatic carbocycles. The Balaban J connectivity index is 1.82. The molecule has 33 heavy (non-hydrogen) atoms. The summed E-state index contributed by atoms with van der Waals surface area (Å²) in [6.45, 7) is 10.2. The van der Waals surface area contributed by atoms with Gasteiger partial charge in [-0.25, -0.2) is 14.4 Å². The van der Waals surface area contributed by atoms with E-state index in [1.807, 2.05) is 6.92 Å². The minimum atomic E-state index is -1.36. The van der Waals surface area contributed by atoms with Gasteiger partial charge in [-0.1, -0.05) is 12.7 Å². The molecule has 3 unspecified atom stereocenters. The zero-order chi connectivity index (χ0) is 24.3. The van der Waals surface area contributed by atoms with E-state index >= 15 is 0 Å². The Kier molecular flexibility index (Phi) is 5.65. The maximum absolute atomic E-state index is 13.1. The number of carbonyl (C=O) groups excluding carboxylic acids is 4. The van der Waals surface area contributed by atoms with Crippen molar-refractivity contribution in [2.24, 2.45) is 5.92 Å². The molecule has 180 valence electrons. The third-order valence-corrected chi connectivity index (χ3v) is 6.97. The van der Waals surface area contributed by atoms with Gasteiger partial charge in [0.2, 0.25) is 0 Å². The quantitative estimate of drug-likeness (QED) is 0.258. The molecule has 8 atom stereocenters. The Bertz CT molecular complexity index is 953. The van der Waals surface area contributed by atoms with E-state index in [1.54, 1.807) is 19.9 Å². The van der Waals surface area contributed by atoms with Crippen LogP contribution in [0, 0.1) is 5.92 Å². The summed E-state index contributed by atoms with van der Waals surface area (Å²) in [5.74, 6) is -3.79. The molecule has 0 N–H and O–H groups in total. The van der Waals surface area contributed by atoms with Gasteiger partial charge in [-0.05, 0) is 33.6 Å². The molecule has 3 aliphatic heterocycles. The molecule has 3 heterocycles. The van der Waals surface area contributed by atoms with Crippen LogP contribution in [0.5, 0.6) is 0 Å². The van der Waals surface area contributed by atoms with Crippen LogP contribution in [-0.2, 0) is 47.6 Å². The molecule has 0 saturated carbocycles. The first-order valence-corrected chi connectivity index (χ1v) is 10.8. The Hall–Kier alpha value is -2.72. The number of esters is 4. The van der Waals surface area contributed by atoms with Crippen molar-refractivity contribution in [3.63, 3.8) is 0 Å². The van der Waals surface area contributed by atoms with Crippen molar-refractivity contribution in [1.29, 1.82) is 0 Å². The van der Waals surface area contributed by atoms with Crippen molar-refractivity contribution < 1.29 is 47.6 Å². The second-order valence-corrected chi connectivity index (χ2v) is 9.23. The van der Waals surface area contributed by atoms with Crippen molar-refractivity contribution >= 4 is 23.9 Å². The first-order valence-electron chi connectivity index (χ1n) is 10.8. The second-order valence-electron chi connectivity index (χ2n) is 9.23. The maximum atomic E-state index is 13.1.